The van der Waals surface area contributed by atoms with Gasteiger partial charge in [-0.1, -0.05) is 11.6 Å². The molecule has 0 radical (unpaired) electrons. The SMILES string of the molecule is Cc1cc(C2(C)COC=N2)c(F)cc1Cl. The van der Waals surface area contributed by atoms with E-state index in [4.69, 9.17) is 16.3 Å². The number of nitrogens with zero attached hydrogens (tertiary/aromatic N) is 1. The first-order valence-corrected chi connectivity index (χ1v) is 5.02. The molecule has 0 saturated carbocycles. The molecule has 1 atom stereocenters. The summed E-state index contributed by atoms with van der Waals surface area (Å²) in [6.07, 6.45) is 1.36. The minimum absolute atomic E-state index is 0.337. The lowest BCUT2D eigenvalue weighted by Gasteiger charge is -2.20. The van der Waals surface area contributed by atoms with E-state index in [0.29, 0.717) is 17.2 Å². The molecule has 0 spiro atoms. The van der Waals surface area contributed by atoms with Crippen LogP contribution in [-0.4, -0.2) is 13.0 Å². The monoisotopic (exact) mass is 227 g/mol. The van der Waals surface area contributed by atoms with Gasteiger partial charge in [0, 0.05) is 10.6 Å². The van der Waals surface area contributed by atoms with Gasteiger partial charge in [-0.15, -0.1) is 0 Å². The normalized spacial score (nSPS) is 24.3. The van der Waals surface area contributed by atoms with Crippen LogP contribution in [0.15, 0.2) is 17.1 Å². The maximum Gasteiger partial charge on any atom is 0.170 e. The highest BCUT2D eigenvalue weighted by atomic mass is 35.5. The summed E-state index contributed by atoms with van der Waals surface area (Å²) in [6.45, 7) is 4.04. The Morgan fingerprint density at radius 1 is 1.53 bits per heavy atom. The zero-order valence-corrected chi connectivity index (χ0v) is 9.31. The summed E-state index contributed by atoms with van der Waals surface area (Å²) in [6, 6.07) is 3.05. The number of aryl methyl sites for hydroxylation is 1. The van der Waals surface area contributed by atoms with Crippen molar-refractivity contribution >= 4 is 18.0 Å². The average Bonchev–Trinajstić information content (AvgIpc) is 2.60. The van der Waals surface area contributed by atoms with Gasteiger partial charge in [-0.05, 0) is 31.5 Å². The maximum absolute atomic E-state index is 13.7. The Labute approximate surface area is 92.7 Å². The molecule has 1 heterocycles. The maximum atomic E-state index is 13.7. The molecule has 0 saturated heterocycles. The highest BCUT2D eigenvalue weighted by Crippen LogP contribution is 2.33. The van der Waals surface area contributed by atoms with E-state index in [1.54, 1.807) is 6.07 Å². The molecular formula is C11H11ClFNO. The summed E-state index contributed by atoms with van der Waals surface area (Å²) in [4.78, 5) is 4.14. The molecule has 0 aliphatic carbocycles. The Balaban J connectivity index is 2.53. The Morgan fingerprint density at radius 3 is 2.87 bits per heavy atom. The largest absolute Gasteiger partial charge is 0.481 e. The summed E-state index contributed by atoms with van der Waals surface area (Å²) in [5.41, 5.74) is 0.744. The number of benzene rings is 1. The fourth-order valence-corrected chi connectivity index (χ4v) is 1.76. The first-order valence-electron chi connectivity index (χ1n) is 4.64. The zero-order chi connectivity index (χ0) is 11.1. The molecule has 0 bridgehead atoms. The van der Waals surface area contributed by atoms with Crippen LogP contribution in [0.5, 0.6) is 0 Å². The van der Waals surface area contributed by atoms with Crippen molar-refractivity contribution in [3.8, 4) is 0 Å². The van der Waals surface area contributed by atoms with Crippen LogP contribution in [0.4, 0.5) is 4.39 Å². The first-order chi connectivity index (χ1) is 7.03. The van der Waals surface area contributed by atoms with Gasteiger partial charge in [-0.3, -0.25) is 0 Å². The van der Waals surface area contributed by atoms with Gasteiger partial charge in [0.2, 0.25) is 0 Å². The van der Waals surface area contributed by atoms with Crippen molar-refractivity contribution in [3.05, 3.63) is 34.1 Å². The number of ether oxygens (including phenoxy) is 1. The van der Waals surface area contributed by atoms with Gasteiger partial charge in [-0.2, -0.15) is 0 Å². The van der Waals surface area contributed by atoms with Crippen LogP contribution >= 0.6 is 11.6 Å². The van der Waals surface area contributed by atoms with Gasteiger partial charge in [0.15, 0.2) is 6.40 Å². The van der Waals surface area contributed by atoms with Gasteiger partial charge < -0.3 is 4.74 Å². The second-order valence-corrected chi connectivity index (χ2v) is 4.31. The Morgan fingerprint density at radius 2 is 2.27 bits per heavy atom. The van der Waals surface area contributed by atoms with E-state index in [9.17, 15) is 4.39 Å². The molecule has 4 heteroatoms. The highest BCUT2D eigenvalue weighted by Gasteiger charge is 2.32. The third kappa shape index (κ3) is 1.72. The summed E-state index contributed by atoms with van der Waals surface area (Å²) in [5.74, 6) is -0.337. The molecule has 1 aliphatic heterocycles. The van der Waals surface area contributed by atoms with E-state index < -0.39 is 5.54 Å². The van der Waals surface area contributed by atoms with Crippen molar-refractivity contribution in [1.82, 2.24) is 0 Å². The Hall–Kier alpha value is -1.09. The Kier molecular flexibility index (Phi) is 2.43. The minimum atomic E-state index is -0.626. The minimum Gasteiger partial charge on any atom is -0.481 e. The van der Waals surface area contributed by atoms with Crippen molar-refractivity contribution in [2.24, 2.45) is 4.99 Å². The molecule has 15 heavy (non-hydrogen) atoms. The second-order valence-electron chi connectivity index (χ2n) is 3.90. The summed E-state index contributed by atoms with van der Waals surface area (Å²) < 4.78 is 18.8. The molecule has 1 aromatic rings. The van der Waals surface area contributed by atoms with Crippen molar-refractivity contribution in [2.75, 3.05) is 6.61 Å². The molecule has 1 unspecified atom stereocenters. The molecule has 0 fully saturated rings. The van der Waals surface area contributed by atoms with E-state index in [0.717, 1.165) is 5.56 Å². The van der Waals surface area contributed by atoms with Crippen molar-refractivity contribution in [3.63, 3.8) is 0 Å². The van der Waals surface area contributed by atoms with E-state index in [1.807, 2.05) is 13.8 Å². The van der Waals surface area contributed by atoms with E-state index >= 15 is 0 Å². The number of halogens is 2. The molecule has 0 aromatic heterocycles. The van der Waals surface area contributed by atoms with Crippen molar-refractivity contribution in [1.29, 1.82) is 0 Å². The highest BCUT2D eigenvalue weighted by molar-refractivity contribution is 6.31. The molecule has 0 N–H and O–H groups in total. The zero-order valence-electron chi connectivity index (χ0n) is 8.55. The molecular weight excluding hydrogens is 217 g/mol. The van der Waals surface area contributed by atoms with Gasteiger partial charge in [0.1, 0.15) is 18.0 Å². The predicted molar refractivity (Wildman–Crippen MR) is 57.9 cm³/mol. The molecule has 1 aromatic carbocycles. The van der Waals surface area contributed by atoms with Gasteiger partial charge in [-0.25, -0.2) is 9.38 Å². The molecule has 0 amide bonds. The van der Waals surface area contributed by atoms with Crippen molar-refractivity contribution < 1.29 is 9.13 Å². The quantitative estimate of drug-likeness (QED) is 0.723. The summed E-state index contributed by atoms with van der Waals surface area (Å²) in [7, 11) is 0. The molecule has 80 valence electrons. The van der Waals surface area contributed by atoms with Crippen LogP contribution in [0.1, 0.15) is 18.1 Å². The number of aliphatic imine (C=N–C) groups is 1. The molecule has 1 aliphatic rings. The Bertz CT molecular complexity index is 433. The van der Waals surface area contributed by atoms with Gasteiger partial charge in [0.25, 0.3) is 0 Å². The van der Waals surface area contributed by atoms with Crippen LogP contribution < -0.4 is 0 Å². The number of hydrogen-bond acceptors (Lipinski definition) is 2. The fourth-order valence-electron chi connectivity index (χ4n) is 1.61. The number of rotatable bonds is 1. The summed E-state index contributed by atoms with van der Waals surface area (Å²) in [5, 5.41) is 0.433. The topological polar surface area (TPSA) is 21.6 Å². The lowest BCUT2D eigenvalue weighted by molar-refractivity contribution is 0.272. The average molecular weight is 228 g/mol. The predicted octanol–water partition coefficient (Wildman–Crippen LogP) is 3.06. The first kappa shape index (κ1) is 10.4. The van der Waals surface area contributed by atoms with Crippen molar-refractivity contribution in [2.45, 2.75) is 19.4 Å². The molecule has 2 nitrogen and oxygen atoms in total. The van der Waals surface area contributed by atoms with Crippen LogP contribution in [0, 0.1) is 12.7 Å². The smallest absolute Gasteiger partial charge is 0.170 e. The summed E-state index contributed by atoms with van der Waals surface area (Å²) >= 11 is 5.83. The third-order valence-corrected chi connectivity index (χ3v) is 3.01. The second kappa shape index (κ2) is 3.49. The van der Waals surface area contributed by atoms with Gasteiger partial charge in [0.05, 0.1) is 0 Å². The lowest BCUT2D eigenvalue weighted by Crippen LogP contribution is -2.22. The van der Waals surface area contributed by atoms with E-state index in [1.165, 1.54) is 12.5 Å². The van der Waals surface area contributed by atoms with Crippen LogP contribution in [0.25, 0.3) is 0 Å². The fraction of sp³-hybridized carbons (Fsp3) is 0.364. The van der Waals surface area contributed by atoms with Crippen LogP contribution in [-0.2, 0) is 10.3 Å². The molecule has 2 rings (SSSR count). The van der Waals surface area contributed by atoms with E-state index in [2.05, 4.69) is 4.99 Å². The third-order valence-electron chi connectivity index (χ3n) is 2.61. The lowest BCUT2D eigenvalue weighted by atomic mass is 9.92. The van der Waals surface area contributed by atoms with Gasteiger partial charge >= 0.3 is 0 Å². The van der Waals surface area contributed by atoms with E-state index in [-0.39, 0.29) is 5.82 Å². The van der Waals surface area contributed by atoms with Crippen LogP contribution in [0.3, 0.4) is 0 Å². The standard InChI is InChI=1S/C11H11ClFNO/c1-7-3-8(10(13)4-9(7)12)11(2)5-15-6-14-11/h3-4,6H,5H2,1-2H3. The van der Waals surface area contributed by atoms with Crippen LogP contribution in [0.2, 0.25) is 5.02 Å². The number of hydrogen-bond donors (Lipinski definition) is 0.